The zero-order chi connectivity index (χ0) is 56.9. The predicted molar refractivity (Wildman–Crippen MR) is 267 cm³/mol. The van der Waals surface area contributed by atoms with E-state index in [-0.39, 0.29) is 30.3 Å². The molecule has 0 aromatic heterocycles. The number of carbonyl (C=O) groups is 2. The highest BCUT2D eigenvalue weighted by atomic mass is 16.8. The molecule has 8 rings (SSSR count). The fourth-order valence-electron chi connectivity index (χ4n) is 16.1. The molecule has 0 unspecified atom stereocenters. The predicted octanol–water partition coefficient (Wildman–Crippen LogP) is -0.386. The number of aliphatic hydroxyl groups excluding tert-OH is 12. The summed E-state index contributed by atoms with van der Waals surface area (Å²) in [6, 6.07) is 0. The maximum Gasteiger partial charge on any atom is 0.333 e. The van der Waals surface area contributed by atoms with Crippen molar-refractivity contribution in [2.45, 2.75) is 231 Å². The second kappa shape index (κ2) is 22.1. The Bertz CT molecular complexity index is 2190. The number of hydrogen-bond acceptors (Lipinski definition) is 22. The van der Waals surface area contributed by atoms with Gasteiger partial charge in [-0.15, -0.1) is 0 Å². The van der Waals surface area contributed by atoms with Gasteiger partial charge in [-0.3, -0.25) is 4.79 Å². The molecule has 77 heavy (non-hydrogen) atoms. The fraction of sp³-hybridized carbons (Fsp3) is 0.891. The molecule has 22 nitrogen and oxygen atoms in total. The van der Waals surface area contributed by atoms with Gasteiger partial charge in [-0.1, -0.05) is 66.2 Å². The maximum atomic E-state index is 13.3. The Morgan fingerprint density at radius 3 is 1.77 bits per heavy atom. The molecule has 0 radical (unpaired) electrons. The van der Waals surface area contributed by atoms with E-state index in [2.05, 4.69) is 40.7 Å². The van der Waals surface area contributed by atoms with Crippen molar-refractivity contribution >= 4 is 11.9 Å². The average molecular weight is 1100 g/mol. The summed E-state index contributed by atoms with van der Waals surface area (Å²) in [7, 11) is 0. The van der Waals surface area contributed by atoms with Gasteiger partial charge in [0, 0.05) is 17.9 Å². The molecule has 22 heteroatoms. The fourth-order valence-corrected chi connectivity index (χ4v) is 16.1. The molecule has 12 N–H and O–H groups in total. The molecule has 440 valence electrons. The highest BCUT2D eigenvalue weighted by Gasteiger charge is 2.73. The molecule has 3 heterocycles. The summed E-state index contributed by atoms with van der Waals surface area (Å²) in [5.41, 5.74) is -2.63. The van der Waals surface area contributed by atoms with Crippen molar-refractivity contribution in [3.63, 3.8) is 0 Å². The summed E-state index contributed by atoms with van der Waals surface area (Å²) >= 11 is 0. The highest BCUT2D eigenvalue weighted by molar-refractivity contribution is 5.87. The van der Waals surface area contributed by atoms with E-state index in [1.54, 1.807) is 19.9 Å². The Balaban J connectivity index is 1.09. The van der Waals surface area contributed by atoms with Gasteiger partial charge in [0.05, 0.1) is 37.4 Å². The van der Waals surface area contributed by atoms with Crippen molar-refractivity contribution in [3.05, 3.63) is 23.3 Å². The van der Waals surface area contributed by atoms with Crippen LogP contribution in [0.25, 0.3) is 0 Å². The van der Waals surface area contributed by atoms with Crippen molar-refractivity contribution in [3.8, 4) is 0 Å². The molecule has 0 spiro atoms. The van der Waals surface area contributed by atoms with Crippen LogP contribution in [-0.4, -0.2) is 216 Å². The Kier molecular flexibility index (Phi) is 17.5. The van der Waals surface area contributed by atoms with Crippen molar-refractivity contribution < 1.29 is 109 Å². The van der Waals surface area contributed by atoms with Gasteiger partial charge in [0.2, 0.25) is 0 Å². The smallest absolute Gasteiger partial charge is 0.333 e. The summed E-state index contributed by atoms with van der Waals surface area (Å²) < 4.78 is 48.6. The summed E-state index contributed by atoms with van der Waals surface area (Å²) in [6.45, 7) is 17.0. The molecule has 4 saturated carbocycles. The van der Waals surface area contributed by atoms with Crippen molar-refractivity contribution in [2.24, 2.45) is 50.2 Å². The van der Waals surface area contributed by atoms with Crippen LogP contribution in [0.1, 0.15) is 114 Å². The van der Waals surface area contributed by atoms with Crippen LogP contribution in [0.5, 0.6) is 0 Å². The first-order valence-corrected chi connectivity index (χ1v) is 27.5. The second-order valence-electron chi connectivity index (χ2n) is 25.7. The van der Waals surface area contributed by atoms with Crippen molar-refractivity contribution in [1.82, 2.24) is 0 Å². The summed E-state index contributed by atoms with van der Waals surface area (Å²) in [6.07, 6.45) is -21.9. The number of esters is 2. The van der Waals surface area contributed by atoms with Gasteiger partial charge in [0.15, 0.2) is 18.9 Å². The van der Waals surface area contributed by atoms with E-state index in [0.29, 0.717) is 31.3 Å². The zero-order valence-electron chi connectivity index (χ0n) is 46.1. The summed E-state index contributed by atoms with van der Waals surface area (Å²) in [4.78, 5) is 25.8. The molecule has 0 aromatic rings. The summed E-state index contributed by atoms with van der Waals surface area (Å²) in [5.74, 6) is -1.51. The number of hydrogen-bond donors (Lipinski definition) is 12. The Morgan fingerprint density at radius 1 is 0.662 bits per heavy atom. The van der Waals surface area contributed by atoms with E-state index < -0.39 is 181 Å². The number of ether oxygens (including phenoxy) is 8. The van der Waals surface area contributed by atoms with E-state index in [0.717, 1.165) is 18.4 Å². The third-order valence-electron chi connectivity index (χ3n) is 20.9. The van der Waals surface area contributed by atoms with E-state index in [1.807, 2.05) is 13.8 Å². The molecule has 3 aliphatic heterocycles. The number of rotatable bonds is 13. The quantitative estimate of drug-likeness (QED) is 0.0484. The van der Waals surface area contributed by atoms with Gasteiger partial charge >= 0.3 is 11.9 Å². The molecule has 0 amide bonds. The normalized spacial score (nSPS) is 50.5. The first kappa shape index (κ1) is 60.8. The lowest BCUT2D eigenvalue weighted by molar-refractivity contribution is -0.395. The molecule has 8 aliphatic rings. The lowest BCUT2D eigenvalue weighted by atomic mass is 9.33. The van der Waals surface area contributed by atoms with Gasteiger partial charge < -0.3 is 99.2 Å². The molecule has 5 aliphatic carbocycles. The SMILES string of the molecule is CC=C(C)C(=O)O[C@H]1[C@H](O)[C@]2(COC(C)=O)[C@H](O)C[C@]3(C)C(=CC[C@@H]4[C@@]5(C)CC[C@H](O[C@@H]6O[C@H](CO)[C@@H](O[C@@H]7O[C@H](CO)[C@@H](O)[C@H](O)[C@H]7O)[C@H](O)[C@H]6O[C@@H]6O[C@H](CO)[C@H](O)[C@H](O)[C@H]6O)C(C)(C)[C@@H]5CC[C@]43C)[C@H]2CC1(C)C. The molecule has 3 saturated heterocycles. The second-order valence-corrected chi connectivity index (χ2v) is 25.7. The third-order valence-corrected chi connectivity index (χ3v) is 20.9. The van der Waals surface area contributed by atoms with Gasteiger partial charge in [0.25, 0.3) is 0 Å². The minimum atomic E-state index is -1.92. The monoisotopic (exact) mass is 1100 g/mol. The lowest BCUT2D eigenvalue weighted by Gasteiger charge is -2.72. The van der Waals surface area contributed by atoms with Gasteiger partial charge in [-0.05, 0) is 98.2 Å². The van der Waals surface area contributed by atoms with Crippen LogP contribution in [0.4, 0.5) is 0 Å². The van der Waals surface area contributed by atoms with Crippen LogP contribution in [0, 0.1) is 50.2 Å². The van der Waals surface area contributed by atoms with Crippen LogP contribution in [0.15, 0.2) is 23.3 Å². The minimum Gasteiger partial charge on any atom is -0.465 e. The number of fused-ring (bicyclic) bond motifs is 7. The number of allylic oxidation sites excluding steroid dienone is 3. The molecular formula is C55H88O22. The standard InChI is InChI=1S/C55H88O22/c1-11-24(2)46(69)77-45-44(68)55(23-70-25(3)59)27(18-50(45,4)5)26-12-13-32-52(8)16-15-34(51(6,7)31(52)14-17-53(32,9)54(26,10)19-33(55)60)74-49-43(76-48-40(66)38(64)36(62)29(21-57)72-48)41(67)42(30(22-58)73-49)75-47-39(65)37(63)35(61)28(20-56)71-47/h11-12,27-45,47-49,56-58,60-68H,13-23H2,1-10H3/t27-,28-,29-,30-,31+,32-,33-,34+,35-,36+,37+,38+,39-,40-,41+,42-,43-,44+,45+,47+,48+,49+,52+,53-,54-,55+/m1/s1. The Hall–Kier alpha value is -2.30. The maximum absolute atomic E-state index is 13.3. The largest absolute Gasteiger partial charge is 0.465 e. The first-order valence-electron chi connectivity index (χ1n) is 27.5. The third kappa shape index (κ3) is 9.89. The van der Waals surface area contributed by atoms with Gasteiger partial charge in [0.1, 0.15) is 92.1 Å². The van der Waals surface area contributed by atoms with Crippen molar-refractivity contribution in [2.75, 3.05) is 26.4 Å². The van der Waals surface area contributed by atoms with Crippen LogP contribution in [-0.2, 0) is 47.5 Å². The molecule has 26 atom stereocenters. The lowest BCUT2D eigenvalue weighted by Crippen LogP contribution is -2.72. The van der Waals surface area contributed by atoms with Crippen LogP contribution in [0.2, 0.25) is 0 Å². The number of aliphatic hydroxyl groups is 12. The summed E-state index contributed by atoms with van der Waals surface area (Å²) in [5, 5.41) is 133. The molecule has 0 aromatic carbocycles. The van der Waals surface area contributed by atoms with Crippen LogP contribution >= 0.6 is 0 Å². The number of carbonyl (C=O) groups excluding carboxylic acids is 2. The first-order chi connectivity index (χ1) is 35.9. The van der Waals surface area contributed by atoms with E-state index in [9.17, 15) is 70.9 Å². The van der Waals surface area contributed by atoms with Crippen molar-refractivity contribution in [1.29, 1.82) is 0 Å². The van der Waals surface area contributed by atoms with Gasteiger partial charge in [-0.2, -0.15) is 0 Å². The topological polar surface area (TPSA) is 351 Å². The van der Waals surface area contributed by atoms with E-state index in [4.69, 9.17) is 37.9 Å². The molecular weight excluding hydrogens is 1010 g/mol. The highest BCUT2D eigenvalue weighted by Crippen LogP contribution is 2.76. The molecule has 0 bridgehead atoms. The Morgan fingerprint density at radius 2 is 1.22 bits per heavy atom. The minimum absolute atomic E-state index is 0.00249. The van der Waals surface area contributed by atoms with E-state index >= 15 is 0 Å². The zero-order valence-corrected chi connectivity index (χ0v) is 46.1. The Labute approximate surface area is 450 Å². The van der Waals surface area contributed by atoms with Gasteiger partial charge in [-0.25, -0.2) is 4.79 Å². The molecule has 7 fully saturated rings. The van der Waals surface area contributed by atoms with Crippen LogP contribution < -0.4 is 0 Å². The van der Waals surface area contributed by atoms with E-state index in [1.165, 1.54) is 6.92 Å². The average Bonchev–Trinajstić information content (AvgIpc) is 3.57. The van der Waals surface area contributed by atoms with Crippen LogP contribution in [0.3, 0.4) is 0 Å².